The van der Waals surface area contributed by atoms with Gasteiger partial charge in [-0.25, -0.2) is 0 Å². The van der Waals surface area contributed by atoms with Gasteiger partial charge in [0.2, 0.25) is 0 Å². The zero-order valence-corrected chi connectivity index (χ0v) is 37.4. The summed E-state index contributed by atoms with van der Waals surface area (Å²) < 4.78 is 17.3. The Labute approximate surface area is 348 Å². The van der Waals surface area contributed by atoms with E-state index >= 15 is 0 Å². The Morgan fingerprint density at radius 1 is 0.411 bits per heavy atom. The summed E-state index contributed by atoms with van der Waals surface area (Å²) in [5.74, 6) is -0.411. The van der Waals surface area contributed by atoms with Gasteiger partial charge in [0.1, 0.15) is 6.61 Å². The molecule has 0 rings (SSSR count). The normalized spacial score (nSPS) is 12.6. The summed E-state index contributed by atoms with van der Waals surface area (Å²) in [6.45, 7) is 7.68. The van der Waals surface area contributed by atoms with Gasteiger partial charge in [0.15, 0.2) is 6.10 Å². The largest absolute Gasteiger partial charge is 0.462 e. The summed E-state index contributed by atoms with van der Waals surface area (Å²) in [7, 11) is 0. The smallest absolute Gasteiger partial charge is 0.306 e. The quantitative estimate of drug-likeness (QED) is 0.0350. The molecule has 1 atom stereocenters. The van der Waals surface area contributed by atoms with E-state index in [4.69, 9.17) is 14.2 Å². The van der Waals surface area contributed by atoms with E-state index < -0.39 is 6.10 Å². The molecule has 0 saturated carbocycles. The van der Waals surface area contributed by atoms with E-state index in [-0.39, 0.29) is 25.2 Å². The first kappa shape index (κ1) is 53.9. The molecule has 0 aliphatic rings. The lowest BCUT2D eigenvalue weighted by Gasteiger charge is -2.18. The van der Waals surface area contributed by atoms with Crippen LogP contribution in [0.15, 0.2) is 48.6 Å². The minimum atomic E-state index is -0.541. The first-order valence-corrected chi connectivity index (χ1v) is 24.2. The van der Waals surface area contributed by atoms with E-state index in [2.05, 4.69) is 69.4 Å². The fraction of sp³-hybridized carbons (Fsp3) is 0.804. The van der Waals surface area contributed by atoms with Crippen molar-refractivity contribution in [2.24, 2.45) is 0 Å². The summed E-state index contributed by atoms with van der Waals surface area (Å²) >= 11 is 0. The van der Waals surface area contributed by atoms with Gasteiger partial charge in [-0.3, -0.25) is 9.59 Å². The molecule has 0 spiro atoms. The third kappa shape index (κ3) is 44.6. The third-order valence-corrected chi connectivity index (χ3v) is 10.3. The average Bonchev–Trinajstić information content (AvgIpc) is 3.20. The number of unbranched alkanes of at least 4 members (excludes halogenated alkanes) is 25. The second-order valence-electron chi connectivity index (χ2n) is 16.0. The van der Waals surface area contributed by atoms with Crippen molar-refractivity contribution in [2.75, 3.05) is 19.8 Å². The molecule has 56 heavy (non-hydrogen) atoms. The van der Waals surface area contributed by atoms with Crippen LogP contribution in [0.4, 0.5) is 0 Å². The maximum absolute atomic E-state index is 12.7. The lowest BCUT2D eigenvalue weighted by atomic mass is 10.1. The molecule has 0 heterocycles. The van der Waals surface area contributed by atoms with Crippen LogP contribution in [0.25, 0.3) is 0 Å². The molecular formula is C51H92O5. The zero-order valence-electron chi connectivity index (χ0n) is 37.4. The number of allylic oxidation sites excluding steroid dienone is 8. The Morgan fingerprint density at radius 3 is 1.30 bits per heavy atom. The minimum Gasteiger partial charge on any atom is -0.462 e. The molecule has 0 radical (unpaired) electrons. The van der Waals surface area contributed by atoms with E-state index in [0.29, 0.717) is 19.4 Å². The number of ether oxygens (including phenoxy) is 3. The SMILES string of the molecule is CC/C=C\C/C=C\C/C=C\CCCCCCCCOCC(COC(=O)CCCCCCC/C=C\CCCCCCCC)OC(=O)CCCCCCCCCCC. The van der Waals surface area contributed by atoms with Gasteiger partial charge >= 0.3 is 11.9 Å². The van der Waals surface area contributed by atoms with Crippen molar-refractivity contribution >= 4 is 11.9 Å². The monoisotopic (exact) mass is 785 g/mol. The Hall–Kier alpha value is -2.14. The van der Waals surface area contributed by atoms with Gasteiger partial charge in [-0.05, 0) is 77.0 Å². The lowest BCUT2D eigenvalue weighted by Crippen LogP contribution is -2.30. The maximum atomic E-state index is 12.7. The van der Waals surface area contributed by atoms with Crippen LogP contribution in [0, 0.1) is 0 Å². The second kappa shape index (κ2) is 47.2. The molecule has 0 N–H and O–H groups in total. The van der Waals surface area contributed by atoms with E-state index in [1.54, 1.807) is 0 Å². The number of hydrogen-bond donors (Lipinski definition) is 0. The van der Waals surface area contributed by atoms with Gasteiger partial charge in [0.05, 0.1) is 6.61 Å². The van der Waals surface area contributed by atoms with Gasteiger partial charge in [0, 0.05) is 19.4 Å². The predicted molar refractivity (Wildman–Crippen MR) is 242 cm³/mol. The average molecular weight is 785 g/mol. The van der Waals surface area contributed by atoms with Gasteiger partial charge in [-0.15, -0.1) is 0 Å². The molecule has 0 aromatic carbocycles. The second-order valence-corrected chi connectivity index (χ2v) is 16.0. The molecule has 0 fully saturated rings. The molecule has 0 aliphatic carbocycles. The fourth-order valence-electron chi connectivity index (χ4n) is 6.75. The van der Waals surface area contributed by atoms with Crippen LogP contribution in [0.3, 0.4) is 0 Å². The van der Waals surface area contributed by atoms with Gasteiger partial charge in [-0.2, -0.15) is 0 Å². The maximum Gasteiger partial charge on any atom is 0.306 e. The molecule has 1 unspecified atom stereocenters. The number of esters is 2. The Balaban J connectivity index is 4.22. The highest BCUT2D eigenvalue weighted by Gasteiger charge is 2.17. The minimum absolute atomic E-state index is 0.0778. The number of rotatable bonds is 44. The number of carbonyl (C=O) groups is 2. The number of carbonyl (C=O) groups excluding carboxylic acids is 2. The summed E-state index contributed by atoms with van der Waals surface area (Å²) in [4.78, 5) is 25.2. The van der Waals surface area contributed by atoms with Crippen LogP contribution in [0.1, 0.15) is 239 Å². The molecule has 0 aromatic rings. The van der Waals surface area contributed by atoms with E-state index in [9.17, 15) is 9.59 Å². The van der Waals surface area contributed by atoms with Crippen molar-refractivity contribution in [3.8, 4) is 0 Å². The van der Waals surface area contributed by atoms with Crippen LogP contribution in [-0.2, 0) is 23.8 Å². The highest BCUT2D eigenvalue weighted by Crippen LogP contribution is 2.14. The molecule has 0 amide bonds. The van der Waals surface area contributed by atoms with Crippen molar-refractivity contribution in [2.45, 2.75) is 245 Å². The van der Waals surface area contributed by atoms with Crippen molar-refractivity contribution in [1.29, 1.82) is 0 Å². The van der Waals surface area contributed by atoms with Crippen LogP contribution in [-0.4, -0.2) is 37.9 Å². The first-order valence-electron chi connectivity index (χ1n) is 24.2. The highest BCUT2D eigenvalue weighted by molar-refractivity contribution is 5.70. The fourth-order valence-corrected chi connectivity index (χ4v) is 6.75. The van der Waals surface area contributed by atoms with Crippen LogP contribution < -0.4 is 0 Å². The molecule has 0 aromatic heterocycles. The highest BCUT2D eigenvalue weighted by atomic mass is 16.6. The summed E-state index contributed by atoms with van der Waals surface area (Å²) in [6, 6.07) is 0. The molecule has 5 nitrogen and oxygen atoms in total. The van der Waals surface area contributed by atoms with Crippen molar-refractivity contribution in [3.63, 3.8) is 0 Å². The van der Waals surface area contributed by atoms with Crippen molar-refractivity contribution in [1.82, 2.24) is 0 Å². The van der Waals surface area contributed by atoms with Crippen molar-refractivity contribution < 1.29 is 23.8 Å². The Morgan fingerprint density at radius 2 is 0.804 bits per heavy atom. The topological polar surface area (TPSA) is 61.8 Å². The molecular weight excluding hydrogens is 693 g/mol. The van der Waals surface area contributed by atoms with E-state index in [1.807, 2.05) is 0 Å². The predicted octanol–water partition coefficient (Wildman–Crippen LogP) is 16.0. The van der Waals surface area contributed by atoms with E-state index in [0.717, 1.165) is 77.0 Å². The Bertz CT molecular complexity index is 935. The summed E-state index contributed by atoms with van der Waals surface area (Å²) in [5, 5.41) is 0. The number of hydrogen-bond acceptors (Lipinski definition) is 5. The van der Waals surface area contributed by atoms with Crippen LogP contribution in [0.5, 0.6) is 0 Å². The van der Waals surface area contributed by atoms with Gasteiger partial charge in [-0.1, -0.05) is 198 Å². The van der Waals surface area contributed by atoms with Crippen LogP contribution in [0.2, 0.25) is 0 Å². The Kier molecular flexibility index (Phi) is 45.4. The molecule has 0 bridgehead atoms. The zero-order chi connectivity index (χ0) is 40.7. The third-order valence-electron chi connectivity index (χ3n) is 10.3. The van der Waals surface area contributed by atoms with Gasteiger partial charge in [0.25, 0.3) is 0 Å². The van der Waals surface area contributed by atoms with Crippen molar-refractivity contribution in [3.05, 3.63) is 48.6 Å². The summed E-state index contributed by atoms with van der Waals surface area (Å²) in [5.41, 5.74) is 0. The van der Waals surface area contributed by atoms with Crippen LogP contribution >= 0.6 is 0 Å². The summed E-state index contributed by atoms with van der Waals surface area (Å²) in [6.07, 6.45) is 56.8. The first-order chi connectivity index (χ1) is 27.6. The molecule has 5 heteroatoms. The standard InChI is InChI=1S/C51H92O5/c1-4-7-10-13-16-19-21-23-25-27-29-31-34-37-40-43-46-54-47-49(56-51(53)45-42-39-36-32-18-15-12-9-6-3)48-55-50(52)44-41-38-35-33-30-28-26-24-22-20-17-14-11-8-5-2/h7,10,16,19,23-26,49H,4-6,8-9,11-15,17-18,20-22,27-48H2,1-3H3/b10-7-,19-16-,25-23-,26-24-. The lowest BCUT2D eigenvalue weighted by molar-refractivity contribution is -0.163. The van der Waals surface area contributed by atoms with E-state index in [1.165, 1.54) is 128 Å². The molecule has 0 aliphatic heterocycles. The molecule has 326 valence electrons. The molecule has 0 saturated heterocycles. The van der Waals surface area contributed by atoms with Gasteiger partial charge < -0.3 is 14.2 Å².